The van der Waals surface area contributed by atoms with Gasteiger partial charge < -0.3 is 14.2 Å². The Kier molecular flexibility index (Phi) is 10.2. The summed E-state index contributed by atoms with van der Waals surface area (Å²) in [6.45, 7) is 7.50. The molecule has 3 aliphatic rings. The fraction of sp³-hybridized carbons (Fsp3) is 0.441. The molecule has 262 valence electrons. The van der Waals surface area contributed by atoms with Gasteiger partial charge in [0.1, 0.15) is 17.3 Å². The van der Waals surface area contributed by atoms with Gasteiger partial charge >= 0.3 is 11.7 Å². The first-order chi connectivity index (χ1) is 24.0. The number of halogens is 2. The molecular formula is C34H37ClFN9O4S. The lowest BCUT2D eigenvalue weighted by Crippen LogP contribution is -2.46. The number of hydrogen-bond donors (Lipinski definition) is 0. The second kappa shape index (κ2) is 14.6. The molecule has 2 aromatic heterocycles. The fourth-order valence-corrected chi connectivity index (χ4v) is 7.42. The Morgan fingerprint density at radius 1 is 1.18 bits per heavy atom. The van der Waals surface area contributed by atoms with Crippen LogP contribution in [-0.4, -0.2) is 71.3 Å². The lowest BCUT2D eigenvalue weighted by molar-refractivity contribution is -0.121. The first-order valence-electron chi connectivity index (χ1n) is 16.4. The highest BCUT2D eigenvalue weighted by Gasteiger charge is 2.32. The second-order valence-corrected chi connectivity index (χ2v) is 14.2. The summed E-state index contributed by atoms with van der Waals surface area (Å²) in [4.78, 5) is 45.6. The third-order valence-electron chi connectivity index (χ3n) is 8.88. The predicted molar refractivity (Wildman–Crippen MR) is 187 cm³/mol. The van der Waals surface area contributed by atoms with Gasteiger partial charge in [-0.1, -0.05) is 62.8 Å². The molecule has 2 aliphatic heterocycles. The predicted octanol–water partition coefficient (Wildman–Crippen LogP) is 4.96. The van der Waals surface area contributed by atoms with Crippen molar-refractivity contribution in [2.45, 2.75) is 71.9 Å². The summed E-state index contributed by atoms with van der Waals surface area (Å²) in [5.74, 6) is 2.92. The number of aromatic nitrogens is 6. The monoisotopic (exact) mass is 721 g/mol. The molecule has 4 aromatic rings. The van der Waals surface area contributed by atoms with Crippen molar-refractivity contribution in [3.8, 4) is 23.8 Å². The largest absolute Gasteiger partial charge is 0.481 e. The first kappa shape index (κ1) is 35.0. The van der Waals surface area contributed by atoms with Crippen LogP contribution in [0, 0.1) is 23.6 Å². The average molecular weight is 722 g/mol. The lowest BCUT2D eigenvalue weighted by atomic mass is 9.92. The van der Waals surface area contributed by atoms with E-state index < -0.39 is 17.5 Å². The Hall–Kier alpha value is -4.81. The van der Waals surface area contributed by atoms with Crippen LogP contribution in [0.5, 0.6) is 5.75 Å². The van der Waals surface area contributed by atoms with Gasteiger partial charge in [-0.3, -0.25) is 9.69 Å². The Morgan fingerprint density at radius 3 is 2.66 bits per heavy atom. The summed E-state index contributed by atoms with van der Waals surface area (Å²) in [5, 5.41) is 7.95. The molecule has 0 N–H and O–H groups in total. The molecule has 16 heteroatoms. The third-order valence-corrected chi connectivity index (χ3v) is 9.98. The maximum absolute atomic E-state index is 14.5. The van der Waals surface area contributed by atoms with Gasteiger partial charge in [-0.25, -0.2) is 19.0 Å². The average Bonchev–Trinajstić information content (AvgIpc) is 3.75. The highest BCUT2D eigenvalue weighted by molar-refractivity contribution is 7.02. The molecule has 0 saturated heterocycles. The first-order valence-corrected chi connectivity index (χ1v) is 17.6. The molecular weight excluding hydrogens is 685 g/mol. The van der Waals surface area contributed by atoms with Crippen LogP contribution < -0.4 is 20.1 Å². The molecule has 13 nitrogen and oxygen atoms in total. The van der Waals surface area contributed by atoms with Gasteiger partial charge in [0, 0.05) is 43.2 Å². The minimum Gasteiger partial charge on any atom is -0.481 e. The van der Waals surface area contributed by atoms with E-state index >= 15 is 0 Å². The van der Waals surface area contributed by atoms with Gasteiger partial charge in [-0.15, -0.1) is 11.1 Å². The van der Waals surface area contributed by atoms with Crippen molar-refractivity contribution in [1.82, 2.24) is 33.6 Å². The molecule has 0 atom stereocenters. The van der Waals surface area contributed by atoms with Gasteiger partial charge in [0.15, 0.2) is 12.4 Å². The summed E-state index contributed by atoms with van der Waals surface area (Å²) < 4.78 is 28.2. The topological polar surface area (TPSA) is 133 Å². The van der Waals surface area contributed by atoms with E-state index in [-0.39, 0.29) is 36.2 Å². The number of para-hydroxylation sites is 1. The van der Waals surface area contributed by atoms with Crippen molar-refractivity contribution in [1.29, 1.82) is 0 Å². The quantitative estimate of drug-likeness (QED) is 0.210. The number of nitrogens with zero attached hydrogens (tertiary/aromatic N) is 9. The van der Waals surface area contributed by atoms with E-state index in [9.17, 15) is 18.8 Å². The van der Waals surface area contributed by atoms with Crippen molar-refractivity contribution in [2.75, 3.05) is 24.6 Å². The van der Waals surface area contributed by atoms with Crippen LogP contribution in [0.15, 0.2) is 46.2 Å². The number of terminal acetylenes is 1. The molecule has 2 amide bonds. The number of fused-ring (bicyclic) bond motifs is 2. The fourth-order valence-electron chi connectivity index (χ4n) is 6.45. The van der Waals surface area contributed by atoms with Gasteiger partial charge in [-0.05, 0) is 53.8 Å². The van der Waals surface area contributed by atoms with Crippen LogP contribution >= 0.6 is 23.1 Å². The number of tetrazole rings is 1. The summed E-state index contributed by atoms with van der Waals surface area (Å²) in [5.41, 5.74) is 0.476. The molecule has 1 aliphatic carbocycles. The Bertz CT molecular complexity index is 2090. The summed E-state index contributed by atoms with van der Waals surface area (Å²) in [6, 6.07) is 9.31. The molecule has 0 bridgehead atoms. The van der Waals surface area contributed by atoms with E-state index in [2.05, 4.69) is 39.6 Å². The number of anilines is 1. The van der Waals surface area contributed by atoms with Crippen LogP contribution in [0.4, 0.5) is 20.6 Å². The molecule has 1 saturated carbocycles. The van der Waals surface area contributed by atoms with Crippen molar-refractivity contribution in [3.05, 3.63) is 68.3 Å². The van der Waals surface area contributed by atoms with E-state index in [0.717, 1.165) is 53.8 Å². The van der Waals surface area contributed by atoms with Gasteiger partial charge in [0.25, 0.3) is 5.91 Å². The number of carbonyl (C=O) groups is 2. The van der Waals surface area contributed by atoms with Gasteiger partial charge in [-0.2, -0.15) is 9.06 Å². The van der Waals surface area contributed by atoms with Crippen LogP contribution in [0.25, 0.3) is 5.69 Å². The summed E-state index contributed by atoms with van der Waals surface area (Å²) >= 11 is 7.34. The molecule has 4 heterocycles. The maximum Gasteiger partial charge on any atom is 0.377 e. The number of ether oxygens (including phenoxy) is 1. The van der Waals surface area contributed by atoms with E-state index in [1.165, 1.54) is 35.0 Å². The van der Waals surface area contributed by atoms with Crippen LogP contribution in [-0.2, 0) is 17.8 Å². The van der Waals surface area contributed by atoms with Crippen molar-refractivity contribution < 1.29 is 18.7 Å². The number of amides is 2. The molecule has 50 heavy (non-hydrogen) atoms. The second-order valence-electron chi connectivity index (χ2n) is 13.1. The van der Waals surface area contributed by atoms with Crippen molar-refractivity contribution >= 4 is 46.4 Å². The zero-order valence-electron chi connectivity index (χ0n) is 28.0. The zero-order chi connectivity index (χ0) is 35.6. The third kappa shape index (κ3) is 7.08. The minimum absolute atomic E-state index is 0.0964. The highest BCUT2D eigenvalue weighted by Crippen LogP contribution is 2.37. The molecule has 7 rings (SSSR count). The van der Waals surface area contributed by atoms with Crippen LogP contribution in [0.1, 0.15) is 58.7 Å². The van der Waals surface area contributed by atoms with Crippen molar-refractivity contribution in [3.63, 3.8) is 0 Å². The number of carbonyl (C=O) groups excluding carboxylic acids is 2. The SMILES string of the molecule is C#CCN1C(=O)COc2cc(F)c(/N=c3\snc4n3CC(C)(C)C4)cc21.CCN(C(=O)n1nnn(-c2ccccc2Cl)c1=O)C1CCCCC1. The minimum atomic E-state index is -0.609. The Morgan fingerprint density at radius 2 is 1.94 bits per heavy atom. The van der Waals surface area contributed by atoms with E-state index in [1.807, 2.05) is 11.5 Å². The number of benzene rings is 2. The van der Waals surface area contributed by atoms with Gasteiger partial charge in [0.2, 0.25) is 4.80 Å². The standard InChI is InChI=1S/C18H17FN4O2S.C16H20ClN5O2/c1-4-5-22-13-7-12(11(19)6-14(13)25-9-16(22)24)20-17-23-10-18(2,3)8-15(23)21-26-17;1-2-20(12-8-4-3-5-9-12)15(23)22-16(24)21(18-19-22)14-11-7-6-10-13(14)17/h1,6-7H,5,8-10H2,2-3H3;6-7,10-12H,2-5,8-9H2,1H3/b20-17-;. The molecule has 0 radical (unpaired) electrons. The molecule has 0 unspecified atom stereocenters. The zero-order valence-corrected chi connectivity index (χ0v) is 29.6. The van der Waals surface area contributed by atoms with Crippen LogP contribution in [0.3, 0.4) is 0 Å². The highest BCUT2D eigenvalue weighted by atomic mass is 35.5. The maximum atomic E-state index is 14.5. The molecule has 2 aromatic carbocycles. The summed E-state index contributed by atoms with van der Waals surface area (Å²) in [6.07, 6.45) is 11.6. The van der Waals surface area contributed by atoms with E-state index in [1.54, 1.807) is 29.2 Å². The molecule has 1 fully saturated rings. The van der Waals surface area contributed by atoms with Gasteiger partial charge in [0.05, 0.1) is 22.9 Å². The number of hydrogen-bond acceptors (Lipinski definition) is 9. The van der Waals surface area contributed by atoms with E-state index in [0.29, 0.717) is 33.5 Å². The van der Waals surface area contributed by atoms with E-state index in [4.69, 9.17) is 22.8 Å². The lowest BCUT2D eigenvalue weighted by Gasteiger charge is -2.32. The number of rotatable bonds is 5. The van der Waals surface area contributed by atoms with Crippen molar-refractivity contribution in [2.24, 2.45) is 10.4 Å². The Balaban J connectivity index is 0.000000174. The molecule has 0 spiro atoms. The normalized spacial score (nSPS) is 16.9. The Labute approximate surface area is 297 Å². The smallest absolute Gasteiger partial charge is 0.377 e. The summed E-state index contributed by atoms with van der Waals surface area (Å²) in [7, 11) is 0. The van der Waals surface area contributed by atoms with Crippen LogP contribution in [0.2, 0.25) is 5.02 Å².